The summed E-state index contributed by atoms with van der Waals surface area (Å²) in [5.74, 6) is -0.321. The summed E-state index contributed by atoms with van der Waals surface area (Å²) < 4.78 is 28.9. The van der Waals surface area contributed by atoms with E-state index in [-0.39, 0.29) is 5.76 Å². The van der Waals surface area contributed by atoms with Crippen LogP contribution in [0.3, 0.4) is 0 Å². The molecule has 4 rings (SSSR count). The average Bonchev–Trinajstić information content (AvgIpc) is 2.87. The maximum absolute atomic E-state index is 11.7. The molecule has 0 spiro atoms. The van der Waals surface area contributed by atoms with Gasteiger partial charge in [-0.1, -0.05) is 0 Å². The van der Waals surface area contributed by atoms with Gasteiger partial charge in [-0.05, 0) is 0 Å². The van der Waals surface area contributed by atoms with Crippen molar-refractivity contribution in [1.29, 1.82) is 0 Å². The number of esters is 1. The van der Waals surface area contributed by atoms with Crippen molar-refractivity contribution in [2.45, 2.75) is 6.92 Å². The van der Waals surface area contributed by atoms with E-state index in [0.717, 1.165) is 19.6 Å². The van der Waals surface area contributed by atoms with Crippen molar-refractivity contribution in [1.82, 2.24) is 4.90 Å². The van der Waals surface area contributed by atoms with Crippen LogP contribution >= 0.6 is 0 Å². The number of carbonyl (C=O) groups is 1. The molecule has 0 N–H and O–H groups in total. The van der Waals surface area contributed by atoms with Crippen LogP contribution < -0.4 is 4.59 Å². The third kappa shape index (κ3) is 3.16. The zero-order valence-electron chi connectivity index (χ0n) is 12.0. The molecule has 7 nitrogen and oxygen atoms in total. The van der Waals surface area contributed by atoms with E-state index in [0.29, 0.717) is 31.0 Å². The number of ether oxygens (including phenoxy) is 1. The van der Waals surface area contributed by atoms with E-state index in [1.807, 2.05) is 0 Å². The van der Waals surface area contributed by atoms with Gasteiger partial charge >= 0.3 is 126 Å². The van der Waals surface area contributed by atoms with Crippen LogP contribution in [-0.2, 0) is 16.0 Å². The first-order valence-electron chi connectivity index (χ1n) is 7.15. The molecule has 21 heavy (non-hydrogen) atoms. The Morgan fingerprint density at radius 2 is 1.81 bits per heavy atom. The van der Waals surface area contributed by atoms with Gasteiger partial charge in [-0.25, -0.2) is 0 Å². The van der Waals surface area contributed by atoms with Crippen LogP contribution in [0.25, 0.3) is 0 Å². The zero-order valence-corrected chi connectivity index (χ0v) is 14.1. The zero-order chi connectivity index (χ0) is 14.7. The van der Waals surface area contributed by atoms with Crippen molar-refractivity contribution in [3.8, 4) is 0 Å². The number of rotatable bonds is 3. The normalized spacial score (nSPS) is 29.5. The quantitative estimate of drug-likeness (QED) is 0.556. The predicted molar refractivity (Wildman–Crippen MR) is 74.3 cm³/mol. The van der Waals surface area contributed by atoms with Gasteiger partial charge in [0.15, 0.2) is 0 Å². The van der Waals surface area contributed by atoms with E-state index in [2.05, 4.69) is 4.90 Å². The number of carbonyl (C=O) groups excluding carboxylic acids is 1. The number of hydrogen-bond acceptors (Lipinski definition) is 7. The van der Waals surface area contributed by atoms with Gasteiger partial charge in [0.25, 0.3) is 0 Å². The molecule has 3 saturated heterocycles. The van der Waals surface area contributed by atoms with E-state index >= 15 is 0 Å². The van der Waals surface area contributed by atoms with Crippen molar-refractivity contribution in [3.63, 3.8) is 0 Å². The van der Waals surface area contributed by atoms with Gasteiger partial charge in [0.1, 0.15) is 0 Å². The summed E-state index contributed by atoms with van der Waals surface area (Å²) in [6.07, 6.45) is 0. The van der Waals surface area contributed by atoms with Gasteiger partial charge in [-0.3, -0.25) is 0 Å². The van der Waals surface area contributed by atoms with Crippen LogP contribution in [-0.4, -0.2) is 71.2 Å². The first-order valence-corrected chi connectivity index (χ1v) is 10.8. The molecule has 1 aromatic heterocycles. The fourth-order valence-electron chi connectivity index (χ4n) is 2.42. The Hall–Kier alpha value is -0.867. The Labute approximate surface area is 126 Å². The van der Waals surface area contributed by atoms with Gasteiger partial charge in [0, 0.05) is 0 Å². The molecule has 1 aromatic rings. The van der Waals surface area contributed by atoms with Crippen LogP contribution in [0.2, 0.25) is 0 Å². The molecule has 2 bridgehead atoms. The van der Waals surface area contributed by atoms with Crippen molar-refractivity contribution in [2.75, 3.05) is 46.1 Å². The molecule has 4 heterocycles. The van der Waals surface area contributed by atoms with Gasteiger partial charge in [0.2, 0.25) is 0 Å². The number of nitrogens with zero attached hydrogens (tertiary/aromatic N) is 1. The second-order valence-corrected chi connectivity index (χ2v) is 10.0. The van der Waals surface area contributed by atoms with E-state index in [1.54, 1.807) is 19.1 Å². The SMILES string of the molecule is CCOC(=O)c1cc[c]([Ge]23[O]CCN(CC[O]2)CC[O]3)o1. The van der Waals surface area contributed by atoms with Crippen LogP contribution in [0.4, 0.5) is 0 Å². The molecule has 0 aliphatic carbocycles. The summed E-state index contributed by atoms with van der Waals surface area (Å²) in [5.41, 5.74) is 0. The molecule has 0 radical (unpaired) electrons. The molecule has 0 unspecified atom stereocenters. The summed E-state index contributed by atoms with van der Waals surface area (Å²) in [5, 5.41) is 0. The van der Waals surface area contributed by atoms with Crippen molar-refractivity contribution in [3.05, 3.63) is 17.9 Å². The van der Waals surface area contributed by atoms with Gasteiger partial charge in [0.05, 0.1) is 0 Å². The Morgan fingerprint density at radius 3 is 2.38 bits per heavy atom. The minimum absolute atomic E-state index is 0.161. The third-order valence-electron chi connectivity index (χ3n) is 3.48. The fourth-order valence-corrected chi connectivity index (χ4v) is 7.20. The Balaban J connectivity index is 1.84. The standard InChI is InChI=1S/C13H19GeNO6/c1-2-17-13(16)11-3-4-12(21-11)14-18-8-5-15(6-9-19-14)7-10-20-14/h3-4H,2,5-10H2,1H3. The predicted octanol–water partition coefficient (Wildman–Crippen LogP) is -0.0188. The molecule has 0 amide bonds. The minimum atomic E-state index is -3.64. The molecule has 0 aromatic carbocycles. The second kappa shape index (κ2) is 6.49. The molecule has 0 saturated carbocycles. The van der Waals surface area contributed by atoms with E-state index in [1.165, 1.54) is 0 Å². The van der Waals surface area contributed by atoms with Crippen molar-refractivity contribution >= 4 is 24.8 Å². The maximum atomic E-state index is 11.7. The summed E-state index contributed by atoms with van der Waals surface area (Å²) in [4.78, 5) is 14.0. The summed E-state index contributed by atoms with van der Waals surface area (Å²) in [6.45, 7) is 6.31. The van der Waals surface area contributed by atoms with Crippen LogP contribution in [0, 0.1) is 0 Å². The first-order chi connectivity index (χ1) is 10.2. The monoisotopic (exact) mass is 359 g/mol. The van der Waals surface area contributed by atoms with E-state index < -0.39 is 20.2 Å². The topological polar surface area (TPSA) is 70.4 Å². The molecular formula is C13H19GeNO6. The van der Waals surface area contributed by atoms with Crippen molar-refractivity contribution < 1.29 is 25.2 Å². The Morgan fingerprint density at radius 1 is 1.19 bits per heavy atom. The molecule has 116 valence electrons. The fraction of sp³-hybridized carbons (Fsp3) is 0.615. The first kappa shape index (κ1) is 15.0. The number of fused-ring (bicyclic) bond motifs is 6. The second-order valence-electron chi connectivity index (χ2n) is 4.83. The number of furan rings is 1. The number of hydrogen-bond donors (Lipinski definition) is 0. The van der Waals surface area contributed by atoms with Gasteiger partial charge < -0.3 is 0 Å². The summed E-state index contributed by atoms with van der Waals surface area (Å²) in [6, 6.07) is 3.31. The van der Waals surface area contributed by atoms with E-state index in [9.17, 15) is 4.79 Å². The molecule has 3 aliphatic rings. The Kier molecular flexibility index (Phi) is 4.65. The molecule has 8 heteroatoms. The van der Waals surface area contributed by atoms with Gasteiger partial charge in [-0.15, -0.1) is 0 Å². The molecule has 3 fully saturated rings. The van der Waals surface area contributed by atoms with Gasteiger partial charge in [-0.2, -0.15) is 0 Å². The molecule has 0 atom stereocenters. The molecular weight excluding hydrogens is 339 g/mol. The van der Waals surface area contributed by atoms with Crippen molar-refractivity contribution in [2.24, 2.45) is 0 Å². The van der Waals surface area contributed by atoms with Crippen LogP contribution in [0.5, 0.6) is 0 Å². The summed E-state index contributed by atoms with van der Waals surface area (Å²) >= 11 is -3.64. The Bertz CT molecular complexity index is 478. The summed E-state index contributed by atoms with van der Waals surface area (Å²) in [7, 11) is 0. The third-order valence-corrected chi connectivity index (χ3v) is 8.99. The van der Waals surface area contributed by atoms with E-state index in [4.69, 9.17) is 20.4 Å². The average molecular weight is 358 g/mol. The van der Waals surface area contributed by atoms with Crippen LogP contribution in [0.15, 0.2) is 16.5 Å². The molecule has 3 aliphatic heterocycles. The van der Waals surface area contributed by atoms with Crippen LogP contribution in [0.1, 0.15) is 17.5 Å².